The number of aromatic nitrogens is 4. The number of benzene rings is 1. The summed E-state index contributed by atoms with van der Waals surface area (Å²) >= 11 is 5.90. The van der Waals surface area contributed by atoms with E-state index in [4.69, 9.17) is 21.1 Å². The smallest absolute Gasteiger partial charge is 0.319 e. The van der Waals surface area contributed by atoms with E-state index in [1.54, 1.807) is 12.3 Å². The summed E-state index contributed by atoms with van der Waals surface area (Å²) in [5.74, 6) is -0.272. The van der Waals surface area contributed by atoms with Crippen LogP contribution in [0.5, 0.6) is 11.9 Å². The van der Waals surface area contributed by atoms with Gasteiger partial charge < -0.3 is 14.0 Å². The van der Waals surface area contributed by atoms with Crippen LogP contribution in [0.25, 0.3) is 11.4 Å². The summed E-state index contributed by atoms with van der Waals surface area (Å²) in [6.45, 7) is 4.10. The molecule has 3 aromatic rings. The molecular formula is C20H19ClFN5O3. The molecule has 0 N–H and O–H groups in total. The normalized spacial score (nSPS) is 13.2. The molecule has 0 saturated carbocycles. The van der Waals surface area contributed by atoms with E-state index in [1.807, 2.05) is 18.4 Å². The number of imidazole rings is 1. The molecule has 0 fully saturated rings. The molecule has 0 aliphatic carbocycles. The van der Waals surface area contributed by atoms with Crippen LogP contribution in [0.1, 0.15) is 36.1 Å². The summed E-state index contributed by atoms with van der Waals surface area (Å²) in [7, 11) is 2.94. The van der Waals surface area contributed by atoms with E-state index in [-0.39, 0.29) is 40.9 Å². The van der Waals surface area contributed by atoms with Gasteiger partial charge in [0.25, 0.3) is 5.91 Å². The quantitative estimate of drug-likeness (QED) is 0.609. The van der Waals surface area contributed by atoms with E-state index < -0.39 is 11.7 Å². The maximum Gasteiger partial charge on any atom is 0.319 e. The van der Waals surface area contributed by atoms with Gasteiger partial charge >= 0.3 is 6.01 Å². The highest BCUT2D eigenvalue weighted by Gasteiger charge is 2.37. The summed E-state index contributed by atoms with van der Waals surface area (Å²) in [4.78, 5) is 27.3. The Labute approximate surface area is 177 Å². The number of ether oxygens (including phenoxy) is 2. The van der Waals surface area contributed by atoms with Crippen molar-refractivity contribution >= 4 is 23.2 Å². The fourth-order valence-electron chi connectivity index (χ4n) is 3.54. The van der Waals surface area contributed by atoms with Crippen LogP contribution in [0, 0.1) is 5.82 Å². The summed E-state index contributed by atoms with van der Waals surface area (Å²) in [5.41, 5.74) is 1.56. The molecule has 30 heavy (non-hydrogen) atoms. The molecule has 1 amide bonds. The largest absolute Gasteiger partial charge is 0.480 e. The lowest BCUT2D eigenvalue weighted by Gasteiger charge is -2.20. The second-order valence-corrected chi connectivity index (χ2v) is 7.35. The molecular weight excluding hydrogens is 413 g/mol. The first-order valence-electron chi connectivity index (χ1n) is 9.19. The fraction of sp³-hybridized carbons (Fsp3) is 0.300. The van der Waals surface area contributed by atoms with Gasteiger partial charge in [-0.15, -0.1) is 0 Å². The number of rotatable bonds is 5. The Kier molecular flexibility index (Phi) is 5.07. The van der Waals surface area contributed by atoms with Gasteiger partial charge in [0.05, 0.1) is 42.7 Å². The van der Waals surface area contributed by atoms with Crippen molar-refractivity contribution in [1.82, 2.24) is 19.5 Å². The highest BCUT2D eigenvalue weighted by Crippen LogP contribution is 2.38. The van der Waals surface area contributed by atoms with Crippen molar-refractivity contribution in [3.63, 3.8) is 0 Å². The fourth-order valence-corrected chi connectivity index (χ4v) is 3.71. The van der Waals surface area contributed by atoms with Crippen molar-refractivity contribution in [2.24, 2.45) is 0 Å². The average Bonchev–Trinajstić information content (AvgIpc) is 3.26. The predicted octanol–water partition coefficient (Wildman–Crippen LogP) is 3.89. The third kappa shape index (κ3) is 3.06. The minimum Gasteiger partial charge on any atom is -0.480 e. The highest BCUT2D eigenvalue weighted by molar-refractivity contribution is 6.31. The van der Waals surface area contributed by atoms with Gasteiger partial charge in [0.15, 0.2) is 11.5 Å². The van der Waals surface area contributed by atoms with Crippen molar-refractivity contribution in [2.45, 2.75) is 26.4 Å². The van der Waals surface area contributed by atoms with E-state index in [9.17, 15) is 9.18 Å². The molecule has 4 rings (SSSR count). The molecule has 0 spiro atoms. The number of halogens is 2. The standard InChI is InChI=1S/C20H19ClFN5O3/c1-10(2)27-14-9-26(13-7-5-6-12(21)15(13)22)19(28)16(14)24-17(27)11-8-23-20(30-4)25-18(11)29-3/h5-8,10H,9H2,1-4H3. The lowest BCUT2D eigenvalue weighted by Crippen LogP contribution is -2.25. The highest BCUT2D eigenvalue weighted by atomic mass is 35.5. The zero-order valence-corrected chi connectivity index (χ0v) is 17.6. The van der Waals surface area contributed by atoms with Gasteiger partial charge in [-0.2, -0.15) is 4.98 Å². The number of carbonyl (C=O) groups excluding carboxylic acids is 1. The van der Waals surface area contributed by atoms with Crippen LogP contribution in [-0.4, -0.2) is 39.6 Å². The Hall–Kier alpha value is -3.20. The zero-order chi connectivity index (χ0) is 21.6. The maximum atomic E-state index is 14.5. The lowest BCUT2D eigenvalue weighted by molar-refractivity contribution is 0.0992. The van der Waals surface area contributed by atoms with Crippen LogP contribution in [0.2, 0.25) is 5.02 Å². The van der Waals surface area contributed by atoms with Crippen molar-refractivity contribution in [2.75, 3.05) is 19.1 Å². The van der Waals surface area contributed by atoms with Gasteiger partial charge in [0.2, 0.25) is 5.88 Å². The van der Waals surface area contributed by atoms with Crippen molar-refractivity contribution in [1.29, 1.82) is 0 Å². The van der Waals surface area contributed by atoms with Crippen molar-refractivity contribution < 1.29 is 18.7 Å². The maximum absolute atomic E-state index is 14.5. The van der Waals surface area contributed by atoms with E-state index in [1.165, 1.54) is 31.3 Å². The third-order valence-corrected chi connectivity index (χ3v) is 5.14. The molecule has 8 nitrogen and oxygen atoms in total. The Bertz CT molecular complexity index is 1150. The zero-order valence-electron chi connectivity index (χ0n) is 16.8. The number of fused-ring (bicyclic) bond motifs is 1. The summed E-state index contributed by atoms with van der Waals surface area (Å²) in [6, 6.07) is 4.68. The van der Waals surface area contributed by atoms with E-state index in [0.717, 1.165) is 0 Å². The van der Waals surface area contributed by atoms with Gasteiger partial charge in [-0.1, -0.05) is 17.7 Å². The van der Waals surface area contributed by atoms with Crippen LogP contribution >= 0.6 is 11.6 Å². The van der Waals surface area contributed by atoms with Gasteiger partial charge in [0, 0.05) is 12.2 Å². The van der Waals surface area contributed by atoms with E-state index in [0.29, 0.717) is 17.1 Å². The molecule has 10 heteroatoms. The first kappa shape index (κ1) is 20.1. The number of nitrogens with zero attached hydrogens (tertiary/aromatic N) is 5. The first-order valence-corrected chi connectivity index (χ1v) is 9.57. The van der Waals surface area contributed by atoms with E-state index >= 15 is 0 Å². The molecule has 0 atom stereocenters. The Morgan fingerprint density at radius 1 is 1.20 bits per heavy atom. The van der Waals surface area contributed by atoms with Crippen molar-refractivity contribution in [3.8, 4) is 23.3 Å². The number of amides is 1. The third-order valence-electron chi connectivity index (χ3n) is 4.85. The van der Waals surface area contributed by atoms with Gasteiger partial charge in [0.1, 0.15) is 5.82 Å². The Morgan fingerprint density at radius 3 is 2.63 bits per heavy atom. The molecule has 1 aliphatic rings. The van der Waals surface area contributed by atoms with Crippen molar-refractivity contribution in [3.05, 3.63) is 46.6 Å². The Balaban J connectivity index is 1.83. The second kappa shape index (κ2) is 7.56. The molecule has 0 radical (unpaired) electrons. The van der Waals surface area contributed by atoms with Crippen LogP contribution < -0.4 is 14.4 Å². The molecule has 1 aromatic carbocycles. The van der Waals surface area contributed by atoms with Crippen LogP contribution in [0.4, 0.5) is 10.1 Å². The second-order valence-electron chi connectivity index (χ2n) is 6.94. The minimum absolute atomic E-state index is 0.0417. The van der Waals surface area contributed by atoms with Crippen LogP contribution in [0.3, 0.4) is 0 Å². The first-order chi connectivity index (χ1) is 14.4. The molecule has 0 bridgehead atoms. The topological polar surface area (TPSA) is 82.4 Å². The van der Waals surface area contributed by atoms with Gasteiger partial charge in [-0.25, -0.2) is 14.4 Å². The summed E-state index contributed by atoms with van der Waals surface area (Å²) < 4.78 is 26.9. The predicted molar refractivity (Wildman–Crippen MR) is 109 cm³/mol. The molecule has 1 aliphatic heterocycles. The number of methoxy groups -OCH3 is 2. The lowest BCUT2D eigenvalue weighted by atomic mass is 10.2. The molecule has 2 aromatic heterocycles. The van der Waals surface area contributed by atoms with E-state index in [2.05, 4.69) is 15.0 Å². The monoisotopic (exact) mass is 431 g/mol. The number of hydrogen-bond acceptors (Lipinski definition) is 6. The molecule has 0 saturated heterocycles. The Morgan fingerprint density at radius 2 is 1.97 bits per heavy atom. The minimum atomic E-state index is -0.640. The molecule has 156 valence electrons. The summed E-state index contributed by atoms with van der Waals surface area (Å²) in [5, 5.41) is -0.0441. The molecule has 0 unspecified atom stereocenters. The van der Waals surface area contributed by atoms with Crippen LogP contribution in [-0.2, 0) is 6.54 Å². The van der Waals surface area contributed by atoms with Gasteiger partial charge in [-0.05, 0) is 26.0 Å². The van der Waals surface area contributed by atoms with Crippen LogP contribution in [0.15, 0.2) is 24.4 Å². The molecule has 3 heterocycles. The number of anilines is 1. The average molecular weight is 432 g/mol. The summed E-state index contributed by atoms with van der Waals surface area (Å²) in [6.07, 6.45) is 1.54. The SMILES string of the molecule is COc1ncc(-c2nc3c(n2C(C)C)CN(c2cccc(Cl)c2F)C3=O)c(OC)n1. The van der Waals surface area contributed by atoms with Gasteiger partial charge in [-0.3, -0.25) is 9.69 Å². The number of hydrogen-bond donors (Lipinski definition) is 0. The number of carbonyl (C=O) groups is 1.